The molecule has 3 aromatic rings. The van der Waals surface area contributed by atoms with E-state index in [2.05, 4.69) is 34.5 Å². The first-order valence-electron chi connectivity index (χ1n) is 11.9. The van der Waals surface area contributed by atoms with E-state index in [1.54, 1.807) is 30.4 Å². The second-order valence-corrected chi connectivity index (χ2v) is 9.06. The third-order valence-corrected chi connectivity index (χ3v) is 6.75. The topological polar surface area (TPSA) is 44.7 Å². The first-order chi connectivity index (χ1) is 15.7. The largest absolute Gasteiger partial charge is 0.508 e. The van der Waals surface area contributed by atoms with Crippen LogP contribution in [0, 0.1) is 5.92 Å². The Labute approximate surface area is 192 Å². The standard InChI is InChI=1S/C18H28N2O.C10H8O/c1-21-10-8-19-13-15-5-4-9-20(14-15)18-11-16-6-2-3-7-17(16)12-18;11-10-6-5-8-3-1-2-4-9(8)7-10/h2-3,6-7,15,18-19H,4-5,8-14H2,1H3;1-7,11H. The van der Waals surface area contributed by atoms with Crippen molar-refractivity contribution in [1.82, 2.24) is 10.2 Å². The number of likely N-dealkylation sites (tertiary alicyclic amines) is 1. The molecular weight excluding hydrogens is 396 g/mol. The first kappa shape index (κ1) is 22.8. The monoisotopic (exact) mass is 432 g/mol. The summed E-state index contributed by atoms with van der Waals surface area (Å²) in [5.41, 5.74) is 3.14. The zero-order chi connectivity index (χ0) is 22.2. The highest BCUT2D eigenvalue weighted by Crippen LogP contribution is 2.28. The summed E-state index contributed by atoms with van der Waals surface area (Å²) >= 11 is 0. The van der Waals surface area contributed by atoms with Crippen molar-refractivity contribution in [3.63, 3.8) is 0 Å². The number of rotatable bonds is 6. The molecule has 0 amide bonds. The van der Waals surface area contributed by atoms with E-state index < -0.39 is 0 Å². The number of phenols is 1. The Hall–Kier alpha value is -2.40. The van der Waals surface area contributed by atoms with Crippen LogP contribution < -0.4 is 5.32 Å². The van der Waals surface area contributed by atoms with Gasteiger partial charge in [-0.2, -0.15) is 0 Å². The SMILES string of the molecule is COCCNCC1CCCN(C2Cc3ccccc3C2)C1.Oc1ccc2ccccc2c1. The van der Waals surface area contributed by atoms with Gasteiger partial charge >= 0.3 is 0 Å². The molecule has 1 fully saturated rings. The van der Waals surface area contributed by atoms with Crippen molar-refractivity contribution >= 4 is 10.8 Å². The minimum absolute atomic E-state index is 0.323. The molecule has 1 aliphatic carbocycles. The Bertz CT molecular complexity index is 965. The number of methoxy groups -OCH3 is 1. The van der Waals surface area contributed by atoms with Crippen LogP contribution in [0.5, 0.6) is 5.75 Å². The van der Waals surface area contributed by atoms with Gasteiger partial charge in [0.25, 0.3) is 0 Å². The van der Waals surface area contributed by atoms with Gasteiger partial charge in [0.15, 0.2) is 0 Å². The van der Waals surface area contributed by atoms with Crippen molar-refractivity contribution in [2.75, 3.05) is 39.9 Å². The second-order valence-electron chi connectivity index (χ2n) is 9.06. The van der Waals surface area contributed by atoms with Gasteiger partial charge in [0.1, 0.15) is 5.75 Å². The highest BCUT2D eigenvalue weighted by Gasteiger charge is 2.30. The zero-order valence-electron chi connectivity index (χ0n) is 19.2. The molecule has 1 saturated heterocycles. The molecule has 4 nitrogen and oxygen atoms in total. The molecule has 5 rings (SSSR count). The molecular formula is C28H36N2O2. The van der Waals surface area contributed by atoms with Crippen LogP contribution in [0.4, 0.5) is 0 Å². The fourth-order valence-electron chi connectivity index (χ4n) is 5.05. The molecule has 4 heteroatoms. The maximum Gasteiger partial charge on any atom is 0.116 e. The van der Waals surface area contributed by atoms with Gasteiger partial charge < -0.3 is 15.2 Å². The molecule has 2 N–H and O–H groups in total. The molecule has 0 spiro atoms. The predicted octanol–water partition coefficient (Wildman–Crippen LogP) is 4.65. The molecule has 1 aliphatic heterocycles. The number of ether oxygens (including phenoxy) is 1. The number of nitrogens with zero attached hydrogens (tertiary/aromatic N) is 1. The van der Waals surface area contributed by atoms with Crippen molar-refractivity contribution < 1.29 is 9.84 Å². The van der Waals surface area contributed by atoms with Crippen molar-refractivity contribution in [1.29, 1.82) is 0 Å². The molecule has 0 radical (unpaired) electrons. The van der Waals surface area contributed by atoms with Gasteiger partial charge in [0, 0.05) is 26.2 Å². The quantitative estimate of drug-likeness (QED) is 0.557. The van der Waals surface area contributed by atoms with Crippen LogP contribution >= 0.6 is 0 Å². The van der Waals surface area contributed by atoms with Crippen LogP contribution in [0.2, 0.25) is 0 Å². The molecule has 1 unspecified atom stereocenters. The summed E-state index contributed by atoms with van der Waals surface area (Å²) in [4.78, 5) is 2.74. The number of phenolic OH excluding ortho intramolecular Hbond substituents is 1. The van der Waals surface area contributed by atoms with Gasteiger partial charge in [-0.25, -0.2) is 0 Å². The first-order valence-corrected chi connectivity index (χ1v) is 11.9. The Morgan fingerprint density at radius 2 is 1.69 bits per heavy atom. The van der Waals surface area contributed by atoms with E-state index >= 15 is 0 Å². The van der Waals surface area contributed by atoms with E-state index in [1.165, 1.54) is 38.8 Å². The van der Waals surface area contributed by atoms with E-state index in [0.717, 1.165) is 42.4 Å². The number of hydrogen-bond donors (Lipinski definition) is 2. The average molecular weight is 433 g/mol. The van der Waals surface area contributed by atoms with E-state index in [0.29, 0.717) is 5.75 Å². The Balaban J connectivity index is 0.000000186. The Kier molecular flexibility index (Phi) is 8.16. The number of nitrogens with one attached hydrogen (secondary N) is 1. The summed E-state index contributed by atoms with van der Waals surface area (Å²) in [6, 6.07) is 23.0. The number of aromatic hydroxyl groups is 1. The lowest BCUT2D eigenvalue weighted by atomic mass is 9.96. The fraction of sp³-hybridized carbons (Fsp3) is 0.429. The van der Waals surface area contributed by atoms with Crippen molar-refractivity contribution in [3.8, 4) is 5.75 Å². The summed E-state index contributed by atoms with van der Waals surface area (Å²) in [5, 5.41) is 14.9. The smallest absolute Gasteiger partial charge is 0.116 e. The van der Waals surface area contributed by atoms with E-state index in [-0.39, 0.29) is 0 Å². The van der Waals surface area contributed by atoms with Crippen LogP contribution in [-0.2, 0) is 17.6 Å². The molecule has 0 bridgehead atoms. The van der Waals surface area contributed by atoms with Crippen LogP contribution in [-0.4, -0.2) is 55.9 Å². The highest BCUT2D eigenvalue weighted by molar-refractivity contribution is 5.83. The molecule has 0 saturated carbocycles. The lowest BCUT2D eigenvalue weighted by Gasteiger charge is -2.37. The lowest BCUT2D eigenvalue weighted by molar-refractivity contribution is 0.123. The minimum atomic E-state index is 0.323. The van der Waals surface area contributed by atoms with Crippen LogP contribution in [0.15, 0.2) is 66.7 Å². The summed E-state index contributed by atoms with van der Waals surface area (Å²) in [6.07, 6.45) is 5.22. The summed E-state index contributed by atoms with van der Waals surface area (Å²) in [7, 11) is 1.77. The molecule has 170 valence electrons. The van der Waals surface area contributed by atoms with Crippen LogP contribution in [0.25, 0.3) is 10.8 Å². The summed E-state index contributed by atoms with van der Waals surface area (Å²) in [5.74, 6) is 1.13. The number of fused-ring (bicyclic) bond motifs is 2. The van der Waals surface area contributed by atoms with Gasteiger partial charge in [-0.15, -0.1) is 0 Å². The average Bonchev–Trinajstić information content (AvgIpc) is 3.27. The third-order valence-electron chi connectivity index (χ3n) is 6.75. The van der Waals surface area contributed by atoms with Crippen LogP contribution in [0.3, 0.4) is 0 Å². The predicted molar refractivity (Wildman–Crippen MR) is 132 cm³/mol. The third kappa shape index (κ3) is 6.10. The molecule has 1 heterocycles. The van der Waals surface area contributed by atoms with E-state index in [4.69, 9.17) is 9.84 Å². The van der Waals surface area contributed by atoms with Crippen molar-refractivity contribution in [2.45, 2.75) is 31.7 Å². The minimum Gasteiger partial charge on any atom is -0.508 e. The molecule has 1 atom stereocenters. The Morgan fingerprint density at radius 1 is 0.969 bits per heavy atom. The van der Waals surface area contributed by atoms with Gasteiger partial charge in [0.05, 0.1) is 6.61 Å². The number of benzene rings is 3. The molecule has 3 aromatic carbocycles. The van der Waals surface area contributed by atoms with E-state index in [9.17, 15) is 0 Å². The van der Waals surface area contributed by atoms with Gasteiger partial charge in [-0.05, 0) is 78.7 Å². The van der Waals surface area contributed by atoms with E-state index in [1.807, 2.05) is 30.3 Å². The van der Waals surface area contributed by atoms with Gasteiger partial charge in [0.2, 0.25) is 0 Å². The highest BCUT2D eigenvalue weighted by atomic mass is 16.5. The summed E-state index contributed by atoms with van der Waals surface area (Å²) < 4.78 is 5.10. The van der Waals surface area contributed by atoms with Gasteiger partial charge in [-0.3, -0.25) is 4.90 Å². The normalized spacial score (nSPS) is 18.8. The molecule has 32 heavy (non-hydrogen) atoms. The number of hydrogen-bond acceptors (Lipinski definition) is 4. The molecule has 0 aromatic heterocycles. The lowest BCUT2D eigenvalue weighted by Crippen LogP contribution is -2.45. The van der Waals surface area contributed by atoms with Crippen molar-refractivity contribution in [2.24, 2.45) is 5.92 Å². The maximum absolute atomic E-state index is 9.13. The fourth-order valence-corrected chi connectivity index (χ4v) is 5.05. The number of piperidine rings is 1. The van der Waals surface area contributed by atoms with Gasteiger partial charge in [-0.1, -0.05) is 54.6 Å². The van der Waals surface area contributed by atoms with Crippen LogP contribution in [0.1, 0.15) is 24.0 Å². The maximum atomic E-state index is 9.13. The summed E-state index contributed by atoms with van der Waals surface area (Å²) in [6.45, 7) is 5.47. The van der Waals surface area contributed by atoms with Crippen molar-refractivity contribution in [3.05, 3.63) is 77.9 Å². The molecule has 2 aliphatic rings. The zero-order valence-corrected chi connectivity index (χ0v) is 19.2. The second kappa shape index (κ2) is 11.5. The Morgan fingerprint density at radius 3 is 2.44 bits per heavy atom.